The summed E-state index contributed by atoms with van der Waals surface area (Å²) >= 11 is 3.63. The number of hydrogen-bond acceptors (Lipinski definition) is 2. The Balaban J connectivity index is 3.63. The highest BCUT2D eigenvalue weighted by Gasteiger charge is 2.05. The van der Waals surface area contributed by atoms with E-state index >= 15 is 0 Å². The molecule has 0 saturated heterocycles. The van der Waals surface area contributed by atoms with Crippen LogP contribution in [-0.2, 0) is 4.79 Å². The Labute approximate surface area is 60.7 Å². The fraction of sp³-hybridized carbons (Fsp3) is 0.500. The van der Waals surface area contributed by atoms with E-state index < -0.39 is 0 Å². The summed E-state index contributed by atoms with van der Waals surface area (Å²) in [6.07, 6.45) is 0. The van der Waals surface area contributed by atoms with Gasteiger partial charge in [0.25, 0.3) is 0 Å². The molecule has 0 spiro atoms. The lowest BCUT2D eigenvalue weighted by molar-refractivity contribution is -0.112. The normalized spacial score (nSPS) is 12.3. The molecule has 0 aliphatic carbocycles. The minimum absolute atomic E-state index is 0.169. The maximum absolute atomic E-state index is 10.4. The summed E-state index contributed by atoms with van der Waals surface area (Å²) in [5.41, 5.74) is 0.782. The van der Waals surface area contributed by atoms with Crippen molar-refractivity contribution in [2.75, 3.05) is 0 Å². The lowest BCUT2D eigenvalue weighted by Crippen LogP contribution is -2.29. The summed E-state index contributed by atoms with van der Waals surface area (Å²) in [4.78, 5) is 10.4. The van der Waals surface area contributed by atoms with Gasteiger partial charge in [-0.15, -0.1) is 12.6 Å². The average molecular weight is 145 g/mol. The predicted octanol–water partition coefficient (Wildman–Crippen LogP) is 0.954. The number of hydrogen-bond donors (Lipinski definition) is 2. The van der Waals surface area contributed by atoms with Crippen molar-refractivity contribution in [1.29, 1.82) is 0 Å². The highest BCUT2D eigenvalue weighted by Crippen LogP contribution is 1.91. The number of allylic oxidation sites excluding steroid dienone is 1. The summed E-state index contributed by atoms with van der Waals surface area (Å²) in [6.45, 7) is 7.12. The van der Waals surface area contributed by atoms with Crippen LogP contribution < -0.4 is 5.32 Å². The minimum atomic E-state index is -0.231. The van der Waals surface area contributed by atoms with E-state index in [0.29, 0.717) is 0 Å². The molecule has 9 heavy (non-hydrogen) atoms. The Hall–Kier alpha value is -0.440. The first-order valence-electron chi connectivity index (χ1n) is 2.69. The fourth-order valence-corrected chi connectivity index (χ4v) is 0.496. The molecule has 0 aromatic rings. The third-order valence-electron chi connectivity index (χ3n) is 0.833. The van der Waals surface area contributed by atoms with Crippen molar-refractivity contribution >= 4 is 17.7 Å². The first-order valence-corrected chi connectivity index (χ1v) is 3.13. The van der Waals surface area contributed by atoms with Crippen molar-refractivity contribution in [3.63, 3.8) is 0 Å². The van der Waals surface area contributed by atoms with E-state index in [0.717, 1.165) is 5.70 Å². The lowest BCUT2D eigenvalue weighted by Gasteiger charge is -2.09. The van der Waals surface area contributed by atoms with Crippen molar-refractivity contribution in [1.82, 2.24) is 5.32 Å². The zero-order chi connectivity index (χ0) is 7.44. The van der Waals surface area contributed by atoms with Crippen LogP contribution in [0.15, 0.2) is 12.3 Å². The third-order valence-corrected chi connectivity index (χ3v) is 1.22. The monoisotopic (exact) mass is 145 g/mol. The maximum atomic E-state index is 10.4. The van der Waals surface area contributed by atoms with Crippen LogP contribution >= 0.6 is 12.6 Å². The van der Waals surface area contributed by atoms with Gasteiger partial charge in [-0.05, 0) is 13.8 Å². The zero-order valence-corrected chi connectivity index (χ0v) is 6.53. The third kappa shape index (κ3) is 4.09. The van der Waals surface area contributed by atoms with Crippen molar-refractivity contribution < 1.29 is 4.79 Å². The van der Waals surface area contributed by atoms with Crippen LogP contribution in [0.2, 0.25) is 0 Å². The molecule has 0 heterocycles. The van der Waals surface area contributed by atoms with Crippen molar-refractivity contribution in [3.8, 4) is 0 Å². The molecular weight excluding hydrogens is 134 g/mol. The van der Waals surface area contributed by atoms with E-state index in [1.807, 2.05) is 0 Å². The van der Waals surface area contributed by atoms with Gasteiger partial charge in [-0.3, -0.25) is 4.79 Å². The van der Waals surface area contributed by atoms with Gasteiger partial charge in [0.15, 0.2) is 0 Å². The molecule has 0 amide bonds. The number of thiol groups is 1. The maximum Gasteiger partial charge on any atom is 0.207 e. The van der Waals surface area contributed by atoms with Crippen LogP contribution in [0, 0.1) is 0 Å². The Bertz CT molecular complexity index is 133. The molecule has 0 unspecified atom stereocenters. The summed E-state index contributed by atoms with van der Waals surface area (Å²) in [6, 6.07) is -0.231. The second-order valence-corrected chi connectivity index (χ2v) is 2.43. The van der Waals surface area contributed by atoms with Crippen molar-refractivity contribution in [2.24, 2.45) is 0 Å². The van der Waals surface area contributed by atoms with Crippen LogP contribution in [0.1, 0.15) is 13.8 Å². The molecule has 0 saturated carbocycles. The van der Waals surface area contributed by atoms with Crippen LogP contribution in [-0.4, -0.2) is 11.2 Å². The van der Waals surface area contributed by atoms with Gasteiger partial charge in [-0.2, -0.15) is 0 Å². The molecule has 0 fully saturated rings. The summed E-state index contributed by atoms with van der Waals surface area (Å²) in [7, 11) is 0. The molecule has 0 bridgehead atoms. The average Bonchev–Trinajstić information content (AvgIpc) is 1.63. The molecule has 1 N–H and O–H groups in total. The smallest absolute Gasteiger partial charge is 0.207 e. The number of rotatable bonds is 3. The lowest BCUT2D eigenvalue weighted by atomic mass is 10.3. The number of carbonyl (C=O) groups is 1. The van der Waals surface area contributed by atoms with Crippen LogP contribution in [0.25, 0.3) is 0 Å². The molecule has 0 aliphatic heterocycles. The van der Waals surface area contributed by atoms with Gasteiger partial charge in [-0.1, -0.05) is 6.58 Å². The standard InChI is InChI=1S/C6H11NOS/c1-4(2)7-5(3)6(8)9/h5,7H,1H2,2-3H3,(H,8,9)/t5-/m0/s1. The fourth-order valence-electron chi connectivity index (χ4n) is 0.431. The van der Waals surface area contributed by atoms with E-state index in [1.165, 1.54) is 0 Å². The van der Waals surface area contributed by atoms with Crippen LogP contribution in [0.5, 0.6) is 0 Å². The van der Waals surface area contributed by atoms with Gasteiger partial charge < -0.3 is 5.32 Å². The van der Waals surface area contributed by atoms with E-state index in [9.17, 15) is 4.79 Å². The summed E-state index contributed by atoms with van der Waals surface area (Å²) < 4.78 is 0. The highest BCUT2D eigenvalue weighted by atomic mass is 32.1. The van der Waals surface area contributed by atoms with E-state index in [2.05, 4.69) is 24.5 Å². The molecule has 0 aromatic carbocycles. The van der Waals surface area contributed by atoms with E-state index in [-0.39, 0.29) is 11.2 Å². The molecule has 1 atom stereocenters. The molecule has 2 nitrogen and oxygen atoms in total. The summed E-state index contributed by atoms with van der Waals surface area (Å²) in [5, 5.41) is 2.65. The predicted molar refractivity (Wildman–Crippen MR) is 41.4 cm³/mol. The Morgan fingerprint density at radius 3 is 2.33 bits per heavy atom. The molecule has 3 heteroatoms. The summed E-state index contributed by atoms with van der Waals surface area (Å²) in [5.74, 6) is 0. The van der Waals surface area contributed by atoms with Crippen LogP contribution in [0.4, 0.5) is 0 Å². The number of nitrogens with one attached hydrogen (secondary N) is 1. The largest absolute Gasteiger partial charge is 0.379 e. The molecule has 0 aliphatic rings. The van der Waals surface area contributed by atoms with Crippen LogP contribution in [0.3, 0.4) is 0 Å². The topological polar surface area (TPSA) is 29.1 Å². The SMILES string of the molecule is C=C(C)N[C@@H](C)C(=O)S. The Morgan fingerprint density at radius 2 is 2.22 bits per heavy atom. The minimum Gasteiger partial charge on any atom is -0.379 e. The molecule has 0 rings (SSSR count). The molecule has 0 radical (unpaired) electrons. The van der Waals surface area contributed by atoms with E-state index in [4.69, 9.17) is 0 Å². The van der Waals surface area contributed by atoms with Crippen molar-refractivity contribution in [3.05, 3.63) is 12.3 Å². The first kappa shape index (κ1) is 8.56. The quantitative estimate of drug-likeness (QED) is 0.579. The Kier molecular flexibility index (Phi) is 3.39. The Morgan fingerprint density at radius 1 is 1.78 bits per heavy atom. The van der Waals surface area contributed by atoms with Gasteiger partial charge >= 0.3 is 0 Å². The second-order valence-electron chi connectivity index (χ2n) is 1.98. The van der Waals surface area contributed by atoms with Gasteiger partial charge in [0.1, 0.15) is 0 Å². The highest BCUT2D eigenvalue weighted by molar-refractivity contribution is 7.96. The van der Waals surface area contributed by atoms with Crippen molar-refractivity contribution in [2.45, 2.75) is 19.9 Å². The molecular formula is C6H11NOS. The van der Waals surface area contributed by atoms with E-state index in [1.54, 1.807) is 13.8 Å². The number of carbonyl (C=O) groups excluding carboxylic acids is 1. The van der Waals surface area contributed by atoms with Gasteiger partial charge in [0, 0.05) is 5.70 Å². The molecule has 0 aromatic heterocycles. The van der Waals surface area contributed by atoms with Gasteiger partial charge in [0.05, 0.1) is 6.04 Å². The second kappa shape index (κ2) is 3.56. The first-order chi connectivity index (χ1) is 4.04. The van der Waals surface area contributed by atoms with Gasteiger partial charge in [0.2, 0.25) is 5.12 Å². The zero-order valence-electron chi connectivity index (χ0n) is 5.64. The molecule has 52 valence electrons. The van der Waals surface area contributed by atoms with Gasteiger partial charge in [-0.25, -0.2) is 0 Å².